The third-order valence-corrected chi connectivity index (χ3v) is 7.42. The maximum absolute atomic E-state index is 13.7. The number of ether oxygens (including phenoxy) is 2. The molecule has 0 aliphatic carbocycles. The first-order chi connectivity index (χ1) is 17.7. The first-order valence-corrected chi connectivity index (χ1v) is 12.4. The van der Waals surface area contributed by atoms with Gasteiger partial charge in [0.2, 0.25) is 0 Å². The predicted molar refractivity (Wildman–Crippen MR) is 135 cm³/mol. The van der Waals surface area contributed by atoms with Gasteiger partial charge in [0.1, 0.15) is 18.2 Å². The number of aliphatic hydroxyl groups excluding tert-OH is 1. The summed E-state index contributed by atoms with van der Waals surface area (Å²) in [6, 6.07) is 8.35. The van der Waals surface area contributed by atoms with Gasteiger partial charge in [-0.1, -0.05) is 11.6 Å². The first-order valence-electron chi connectivity index (χ1n) is 12.1. The number of methoxy groups -OCH3 is 1. The van der Waals surface area contributed by atoms with E-state index in [1.807, 2.05) is 4.90 Å². The van der Waals surface area contributed by atoms with Crippen molar-refractivity contribution in [1.82, 2.24) is 9.88 Å². The van der Waals surface area contributed by atoms with Gasteiger partial charge in [0, 0.05) is 29.8 Å². The van der Waals surface area contributed by atoms with Crippen molar-refractivity contribution in [2.24, 2.45) is 5.41 Å². The van der Waals surface area contributed by atoms with E-state index in [-0.39, 0.29) is 25.2 Å². The topological polar surface area (TPSA) is 92.1 Å². The van der Waals surface area contributed by atoms with E-state index in [9.17, 15) is 23.8 Å². The van der Waals surface area contributed by atoms with E-state index in [2.05, 4.69) is 4.98 Å². The van der Waals surface area contributed by atoms with Gasteiger partial charge in [0.25, 0.3) is 0 Å². The van der Waals surface area contributed by atoms with E-state index in [0.29, 0.717) is 59.7 Å². The quantitative estimate of drug-likeness (QED) is 0.368. The zero-order chi connectivity index (χ0) is 26.6. The molecule has 2 aromatic carbocycles. The third-order valence-electron chi connectivity index (χ3n) is 7.12. The largest absolute Gasteiger partial charge is 0.497 e. The molecule has 1 aliphatic heterocycles. The molecule has 1 atom stereocenters. The van der Waals surface area contributed by atoms with Gasteiger partial charge in [0.15, 0.2) is 11.6 Å². The molecule has 0 radical (unpaired) electrons. The minimum Gasteiger partial charge on any atom is -0.497 e. The summed E-state index contributed by atoms with van der Waals surface area (Å²) in [5.74, 6) is -1.66. The summed E-state index contributed by atoms with van der Waals surface area (Å²) in [4.78, 5) is 18.6. The zero-order valence-corrected chi connectivity index (χ0v) is 21.2. The second-order valence-electron chi connectivity index (χ2n) is 9.31. The Morgan fingerprint density at radius 2 is 1.97 bits per heavy atom. The molecular weight excluding hydrogens is 506 g/mol. The monoisotopic (exact) mass is 534 g/mol. The lowest BCUT2D eigenvalue weighted by molar-refractivity contribution is -0.153. The molecule has 0 amide bonds. The fourth-order valence-corrected chi connectivity index (χ4v) is 5.12. The van der Waals surface area contributed by atoms with E-state index >= 15 is 0 Å². The number of aromatic nitrogens is 1. The van der Waals surface area contributed by atoms with Crippen LogP contribution in [0.1, 0.15) is 37.4 Å². The lowest BCUT2D eigenvalue weighted by Crippen LogP contribution is -2.45. The molecule has 0 unspecified atom stereocenters. The minimum atomic E-state index is -0.986. The minimum absolute atomic E-state index is 0.147. The number of hydrogen-bond donors (Lipinski definition) is 2. The maximum atomic E-state index is 13.7. The van der Waals surface area contributed by atoms with Crippen LogP contribution in [0.15, 0.2) is 42.6 Å². The Labute approximate surface area is 218 Å². The molecule has 10 heteroatoms. The highest BCUT2D eigenvalue weighted by molar-refractivity contribution is 6.32. The SMILES string of the molecule is COc1ccc2ncc(Cl)c([C@H](O)CCC3(C(=O)O)CCN(CCOc4cc(F)ccc4F)CC3)c2c1. The Morgan fingerprint density at radius 1 is 1.22 bits per heavy atom. The number of piperidine rings is 1. The molecule has 2 heterocycles. The van der Waals surface area contributed by atoms with Crippen molar-refractivity contribution in [3.8, 4) is 11.5 Å². The number of aliphatic hydroxyl groups is 1. The Bertz CT molecular complexity index is 1270. The summed E-state index contributed by atoms with van der Waals surface area (Å²) in [7, 11) is 1.55. The summed E-state index contributed by atoms with van der Waals surface area (Å²) in [5, 5.41) is 22.1. The van der Waals surface area contributed by atoms with Crippen LogP contribution in [-0.2, 0) is 4.79 Å². The van der Waals surface area contributed by atoms with Crippen LogP contribution < -0.4 is 9.47 Å². The summed E-state index contributed by atoms with van der Waals surface area (Å²) in [6.07, 6.45) is 1.77. The van der Waals surface area contributed by atoms with Crippen LogP contribution in [-0.4, -0.2) is 59.4 Å². The highest BCUT2D eigenvalue weighted by atomic mass is 35.5. The van der Waals surface area contributed by atoms with Gasteiger partial charge in [-0.25, -0.2) is 8.78 Å². The Balaban J connectivity index is 1.37. The number of carboxylic acid groups (broad SMARTS) is 1. The van der Waals surface area contributed by atoms with Crippen LogP contribution in [0, 0.1) is 17.0 Å². The third kappa shape index (κ3) is 6.11. The normalized spacial score (nSPS) is 16.5. The number of carbonyl (C=O) groups is 1. The van der Waals surface area contributed by atoms with Crippen LogP contribution in [0.2, 0.25) is 5.02 Å². The predicted octanol–water partition coefficient (Wildman–Crippen LogP) is 5.23. The van der Waals surface area contributed by atoms with Gasteiger partial charge in [-0.2, -0.15) is 0 Å². The molecule has 37 heavy (non-hydrogen) atoms. The molecule has 4 rings (SSSR count). The van der Waals surface area contributed by atoms with E-state index in [1.54, 1.807) is 25.3 Å². The van der Waals surface area contributed by atoms with Gasteiger partial charge in [-0.3, -0.25) is 14.7 Å². The number of fused-ring (bicyclic) bond motifs is 1. The molecule has 2 N–H and O–H groups in total. The molecule has 1 saturated heterocycles. The summed E-state index contributed by atoms with van der Waals surface area (Å²) >= 11 is 6.40. The van der Waals surface area contributed by atoms with Crippen LogP contribution in [0.3, 0.4) is 0 Å². The number of rotatable bonds is 10. The van der Waals surface area contributed by atoms with Gasteiger partial charge in [0.05, 0.1) is 29.2 Å². The molecular formula is C27H29ClF2N2O5. The van der Waals surface area contributed by atoms with Crippen molar-refractivity contribution in [1.29, 1.82) is 0 Å². The molecule has 1 aliphatic rings. The highest BCUT2D eigenvalue weighted by Crippen LogP contribution is 2.41. The highest BCUT2D eigenvalue weighted by Gasteiger charge is 2.41. The fourth-order valence-electron chi connectivity index (χ4n) is 4.84. The van der Waals surface area contributed by atoms with Crippen molar-refractivity contribution in [2.45, 2.75) is 31.8 Å². The van der Waals surface area contributed by atoms with E-state index < -0.39 is 29.1 Å². The molecule has 1 aromatic heterocycles. The van der Waals surface area contributed by atoms with Gasteiger partial charge < -0.3 is 19.7 Å². The molecule has 3 aromatic rings. The summed E-state index contributed by atoms with van der Waals surface area (Å²) in [6.45, 7) is 1.62. The Morgan fingerprint density at radius 3 is 2.68 bits per heavy atom. The number of carboxylic acids is 1. The van der Waals surface area contributed by atoms with Crippen LogP contribution in [0.5, 0.6) is 11.5 Å². The van der Waals surface area contributed by atoms with Crippen molar-refractivity contribution in [2.75, 3.05) is 33.4 Å². The molecule has 7 nitrogen and oxygen atoms in total. The lowest BCUT2D eigenvalue weighted by atomic mass is 9.74. The zero-order valence-electron chi connectivity index (χ0n) is 20.4. The number of aliphatic carboxylic acids is 1. The molecule has 0 spiro atoms. The number of hydrogen-bond acceptors (Lipinski definition) is 6. The van der Waals surface area contributed by atoms with Crippen molar-refractivity contribution in [3.63, 3.8) is 0 Å². The average Bonchev–Trinajstić information content (AvgIpc) is 2.89. The molecule has 0 bridgehead atoms. The first kappa shape index (κ1) is 27.0. The van der Waals surface area contributed by atoms with Crippen molar-refractivity contribution < 1.29 is 33.3 Å². The number of halogens is 3. The number of benzene rings is 2. The smallest absolute Gasteiger partial charge is 0.309 e. The van der Waals surface area contributed by atoms with E-state index in [1.165, 1.54) is 6.20 Å². The number of pyridine rings is 1. The van der Waals surface area contributed by atoms with Gasteiger partial charge in [-0.05, 0) is 69.1 Å². The number of nitrogens with zero attached hydrogens (tertiary/aromatic N) is 2. The second kappa shape index (κ2) is 11.6. The average molecular weight is 535 g/mol. The van der Waals surface area contributed by atoms with E-state index in [4.69, 9.17) is 21.1 Å². The summed E-state index contributed by atoms with van der Waals surface area (Å²) < 4.78 is 37.7. The Kier molecular flexibility index (Phi) is 8.46. The lowest BCUT2D eigenvalue weighted by Gasteiger charge is -2.39. The van der Waals surface area contributed by atoms with Crippen LogP contribution >= 0.6 is 11.6 Å². The maximum Gasteiger partial charge on any atom is 0.309 e. The van der Waals surface area contributed by atoms with Crippen molar-refractivity contribution >= 4 is 28.5 Å². The molecule has 198 valence electrons. The standard InChI is InChI=1S/C27H29ClF2N2O5/c1-36-18-3-5-22-19(15-18)25(20(28)16-31-22)23(33)6-7-27(26(34)35)8-10-32(11-9-27)12-13-37-24-14-17(29)2-4-21(24)30/h2-5,14-16,23,33H,6-13H2,1H3,(H,34,35)/t23-/m1/s1. The molecule has 0 saturated carbocycles. The fraction of sp³-hybridized carbons (Fsp3) is 0.407. The van der Waals surface area contributed by atoms with Gasteiger partial charge >= 0.3 is 5.97 Å². The number of likely N-dealkylation sites (tertiary alicyclic amines) is 1. The van der Waals surface area contributed by atoms with Gasteiger partial charge in [-0.15, -0.1) is 0 Å². The van der Waals surface area contributed by atoms with Crippen LogP contribution in [0.4, 0.5) is 8.78 Å². The van der Waals surface area contributed by atoms with E-state index in [0.717, 1.165) is 18.2 Å². The Hall–Kier alpha value is -3.01. The molecule has 1 fully saturated rings. The summed E-state index contributed by atoms with van der Waals surface area (Å²) in [5.41, 5.74) is 0.172. The van der Waals surface area contributed by atoms with Crippen LogP contribution in [0.25, 0.3) is 10.9 Å². The second-order valence-corrected chi connectivity index (χ2v) is 9.71. The van der Waals surface area contributed by atoms with Crippen molar-refractivity contribution in [3.05, 3.63) is 64.8 Å².